The van der Waals surface area contributed by atoms with E-state index in [2.05, 4.69) is 5.32 Å². The van der Waals surface area contributed by atoms with E-state index < -0.39 is 0 Å². The zero-order chi connectivity index (χ0) is 8.97. The molecule has 0 radical (unpaired) electrons. The van der Waals surface area contributed by atoms with Crippen molar-refractivity contribution < 1.29 is 4.79 Å². The Morgan fingerprint density at radius 1 is 1.25 bits per heavy atom. The maximum absolute atomic E-state index is 11.3. The van der Waals surface area contributed by atoms with Gasteiger partial charge in [0.05, 0.1) is 0 Å². The Balaban J connectivity index is 2.24. The Morgan fingerprint density at radius 3 is 2.33 bits per heavy atom. The van der Waals surface area contributed by atoms with E-state index in [0.717, 1.165) is 0 Å². The zero-order valence-electron chi connectivity index (χ0n) is 8.10. The molecule has 0 aliphatic heterocycles. The molecule has 1 aliphatic carbocycles. The third-order valence-corrected chi connectivity index (χ3v) is 2.48. The molecule has 0 aromatic rings. The van der Waals surface area contributed by atoms with Crippen molar-refractivity contribution >= 4 is 5.91 Å². The number of carbonyl (C=O) groups is 1. The minimum atomic E-state index is 0.131. The number of nitrogens with one attached hydrogen (secondary N) is 1. The van der Waals surface area contributed by atoms with Crippen molar-refractivity contribution in [3.63, 3.8) is 0 Å². The normalized spacial score (nSPS) is 19.6. The molecule has 1 aliphatic rings. The summed E-state index contributed by atoms with van der Waals surface area (Å²) in [6.07, 6.45) is 6.26. The van der Waals surface area contributed by atoms with Gasteiger partial charge in [0.2, 0.25) is 5.91 Å². The van der Waals surface area contributed by atoms with E-state index in [4.69, 9.17) is 0 Å². The topological polar surface area (TPSA) is 29.1 Å². The minimum Gasteiger partial charge on any atom is -0.353 e. The summed E-state index contributed by atoms with van der Waals surface area (Å²) in [6.45, 7) is 3.89. The van der Waals surface area contributed by atoms with Crippen molar-refractivity contribution in [3.05, 3.63) is 0 Å². The molecule has 2 nitrogen and oxygen atoms in total. The molecule has 1 rings (SSSR count). The van der Waals surface area contributed by atoms with Crippen molar-refractivity contribution in [2.24, 2.45) is 5.92 Å². The maximum atomic E-state index is 11.3. The molecule has 2 heteroatoms. The molecule has 0 unspecified atom stereocenters. The van der Waals surface area contributed by atoms with Crippen LogP contribution in [0.3, 0.4) is 0 Å². The van der Waals surface area contributed by atoms with Crippen molar-refractivity contribution in [1.29, 1.82) is 0 Å². The summed E-state index contributed by atoms with van der Waals surface area (Å²) in [5.74, 6) is 0.342. The van der Waals surface area contributed by atoms with Crippen molar-refractivity contribution in [2.75, 3.05) is 0 Å². The van der Waals surface area contributed by atoms with Crippen molar-refractivity contribution in [2.45, 2.75) is 52.0 Å². The van der Waals surface area contributed by atoms with E-state index in [1.165, 1.54) is 32.1 Å². The lowest BCUT2D eigenvalue weighted by molar-refractivity contribution is -0.124. The summed E-state index contributed by atoms with van der Waals surface area (Å²) in [5, 5.41) is 3.08. The molecular weight excluding hydrogens is 150 g/mol. The van der Waals surface area contributed by atoms with Gasteiger partial charge in [-0.25, -0.2) is 0 Å². The fourth-order valence-electron chi connectivity index (χ4n) is 1.61. The van der Waals surface area contributed by atoms with Crippen LogP contribution >= 0.6 is 0 Å². The predicted octanol–water partition coefficient (Wildman–Crippen LogP) is 2.09. The Morgan fingerprint density at radius 2 is 1.83 bits per heavy atom. The molecule has 1 fully saturated rings. The van der Waals surface area contributed by atoms with Gasteiger partial charge in [-0.1, -0.05) is 33.1 Å². The number of hydrogen-bond donors (Lipinski definition) is 1. The van der Waals surface area contributed by atoms with E-state index in [0.29, 0.717) is 6.04 Å². The third kappa shape index (κ3) is 2.84. The number of amides is 1. The van der Waals surface area contributed by atoms with Crippen LogP contribution in [0.1, 0.15) is 46.0 Å². The van der Waals surface area contributed by atoms with Gasteiger partial charge in [0.25, 0.3) is 0 Å². The van der Waals surface area contributed by atoms with Crippen LogP contribution in [0.25, 0.3) is 0 Å². The van der Waals surface area contributed by atoms with Crippen LogP contribution in [-0.4, -0.2) is 11.9 Å². The first-order chi connectivity index (χ1) is 5.70. The van der Waals surface area contributed by atoms with Gasteiger partial charge in [-0.15, -0.1) is 0 Å². The van der Waals surface area contributed by atoms with E-state index in [9.17, 15) is 4.79 Å². The van der Waals surface area contributed by atoms with Gasteiger partial charge in [-0.05, 0) is 12.8 Å². The summed E-state index contributed by atoms with van der Waals surface area (Å²) in [5.41, 5.74) is 0. The van der Waals surface area contributed by atoms with E-state index >= 15 is 0 Å². The second-order valence-electron chi connectivity index (χ2n) is 4.00. The van der Waals surface area contributed by atoms with Crippen LogP contribution in [0.15, 0.2) is 0 Å². The molecule has 1 amide bonds. The standard InChI is InChI=1S/C10H19NO/c1-8(2)10(12)11-9-6-4-3-5-7-9/h8-9H,3-7H2,1-2H3,(H,11,12). The van der Waals surface area contributed by atoms with Crippen LogP contribution < -0.4 is 5.32 Å². The van der Waals surface area contributed by atoms with E-state index in [1.807, 2.05) is 13.8 Å². The average Bonchev–Trinajstić information content (AvgIpc) is 2.06. The first kappa shape index (κ1) is 9.56. The first-order valence-corrected chi connectivity index (χ1v) is 5.00. The fraction of sp³-hybridized carbons (Fsp3) is 0.900. The minimum absolute atomic E-state index is 0.131. The van der Waals surface area contributed by atoms with E-state index in [-0.39, 0.29) is 11.8 Å². The fourth-order valence-corrected chi connectivity index (χ4v) is 1.61. The lowest BCUT2D eigenvalue weighted by Crippen LogP contribution is -2.38. The summed E-state index contributed by atoms with van der Waals surface area (Å²) in [6, 6.07) is 0.466. The SMILES string of the molecule is CC(C)C(=O)NC1CCCCC1. The lowest BCUT2D eigenvalue weighted by atomic mass is 9.95. The zero-order valence-corrected chi connectivity index (χ0v) is 8.10. The van der Waals surface area contributed by atoms with Gasteiger partial charge < -0.3 is 5.32 Å². The van der Waals surface area contributed by atoms with Gasteiger partial charge in [0, 0.05) is 12.0 Å². The van der Waals surface area contributed by atoms with Crippen molar-refractivity contribution in [1.82, 2.24) is 5.32 Å². The van der Waals surface area contributed by atoms with E-state index in [1.54, 1.807) is 0 Å². The Labute approximate surface area is 74.7 Å². The maximum Gasteiger partial charge on any atom is 0.222 e. The highest BCUT2D eigenvalue weighted by molar-refractivity contribution is 5.78. The van der Waals surface area contributed by atoms with Crippen LogP contribution in [0, 0.1) is 5.92 Å². The van der Waals surface area contributed by atoms with Crippen LogP contribution in [-0.2, 0) is 4.79 Å². The molecule has 0 aromatic heterocycles. The summed E-state index contributed by atoms with van der Waals surface area (Å²) in [7, 11) is 0. The average molecular weight is 169 g/mol. The molecule has 1 N–H and O–H groups in total. The van der Waals surface area contributed by atoms with Crippen molar-refractivity contribution in [3.8, 4) is 0 Å². The van der Waals surface area contributed by atoms with Gasteiger partial charge in [0.1, 0.15) is 0 Å². The largest absolute Gasteiger partial charge is 0.353 e. The van der Waals surface area contributed by atoms with Crippen LogP contribution in [0.2, 0.25) is 0 Å². The highest BCUT2D eigenvalue weighted by atomic mass is 16.1. The number of hydrogen-bond acceptors (Lipinski definition) is 1. The Bertz CT molecular complexity index is 148. The monoisotopic (exact) mass is 169 g/mol. The van der Waals surface area contributed by atoms with Gasteiger partial charge in [-0.3, -0.25) is 4.79 Å². The summed E-state index contributed by atoms with van der Waals surface area (Å²) in [4.78, 5) is 11.3. The molecule has 0 heterocycles. The second-order valence-corrected chi connectivity index (χ2v) is 4.00. The molecule has 0 aromatic carbocycles. The second kappa shape index (κ2) is 4.48. The summed E-state index contributed by atoms with van der Waals surface area (Å²) >= 11 is 0. The Kier molecular flexibility index (Phi) is 3.57. The van der Waals surface area contributed by atoms with Gasteiger partial charge in [-0.2, -0.15) is 0 Å². The highest BCUT2D eigenvalue weighted by Crippen LogP contribution is 2.17. The Hall–Kier alpha value is -0.530. The first-order valence-electron chi connectivity index (χ1n) is 5.00. The van der Waals surface area contributed by atoms with Gasteiger partial charge in [0.15, 0.2) is 0 Å². The highest BCUT2D eigenvalue weighted by Gasteiger charge is 2.16. The molecular formula is C10H19NO. The molecule has 0 atom stereocenters. The molecule has 70 valence electrons. The molecule has 12 heavy (non-hydrogen) atoms. The third-order valence-electron chi connectivity index (χ3n) is 2.48. The lowest BCUT2D eigenvalue weighted by Gasteiger charge is -2.23. The molecule has 0 spiro atoms. The van der Waals surface area contributed by atoms with Crippen LogP contribution in [0.4, 0.5) is 0 Å². The molecule has 0 saturated heterocycles. The molecule has 0 bridgehead atoms. The van der Waals surface area contributed by atoms with Gasteiger partial charge >= 0.3 is 0 Å². The van der Waals surface area contributed by atoms with Crippen LogP contribution in [0.5, 0.6) is 0 Å². The smallest absolute Gasteiger partial charge is 0.222 e. The summed E-state index contributed by atoms with van der Waals surface area (Å²) < 4.78 is 0. The molecule has 1 saturated carbocycles. The number of carbonyl (C=O) groups excluding carboxylic acids is 1. The predicted molar refractivity (Wildman–Crippen MR) is 49.9 cm³/mol. The number of rotatable bonds is 2. The quantitative estimate of drug-likeness (QED) is 0.673.